The van der Waals surface area contributed by atoms with E-state index in [0.29, 0.717) is 6.42 Å². The van der Waals surface area contributed by atoms with Crippen LogP contribution >= 0.6 is 0 Å². The summed E-state index contributed by atoms with van der Waals surface area (Å²) < 4.78 is 10.4. The number of fused-ring (bicyclic) bond motifs is 1. The maximum Gasteiger partial charge on any atom is 0.308 e. The third-order valence-electron chi connectivity index (χ3n) is 2.14. The Bertz CT molecular complexity index is 184. The van der Waals surface area contributed by atoms with Gasteiger partial charge in [-0.3, -0.25) is 4.79 Å². The van der Waals surface area contributed by atoms with Gasteiger partial charge in [-0.25, -0.2) is 0 Å². The summed E-state index contributed by atoms with van der Waals surface area (Å²) in [6.45, 7) is 3.62. The van der Waals surface area contributed by atoms with Crippen molar-refractivity contribution in [2.45, 2.75) is 31.2 Å². The molecule has 2 saturated heterocycles. The Balaban J connectivity index is 2.03. The van der Waals surface area contributed by atoms with Crippen LogP contribution in [0.5, 0.6) is 0 Å². The average Bonchev–Trinajstić information content (AvgIpc) is 2.43. The molecule has 2 rings (SSSR count). The van der Waals surface area contributed by atoms with Gasteiger partial charge in [0.2, 0.25) is 0 Å². The lowest BCUT2D eigenvalue weighted by Crippen LogP contribution is -2.13. The van der Waals surface area contributed by atoms with E-state index in [1.54, 1.807) is 6.08 Å². The van der Waals surface area contributed by atoms with Gasteiger partial charge in [-0.15, -0.1) is 6.58 Å². The van der Waals surface area contributed by atoms with Gasteiger partial charge >= 0.3 is 5.97 Å². The quantitative estimate of drug-likeness (QED) is 0.411. The summed E-state index contributed by atoms with van der Waals surface area (Å²) in [5, 5.41) is 0. The van der Waals surface area contributed by atoms with Gasteiger partial charge in [0.1, 0.15) is 12.2 Å². The molecule has 3 atom stereocenters. The minimum atomic E-state index is -0.137. The van der Waals surface area contributed by atoms with Crippen molar-refractivity contribution in [2.75, 3.05) is 0 Å². The summed E-state index contributed by atoms with van der Waals surface area (Å²) >= 11 is 0. The summed E-state index contributed by atoms with van der Waals surface area (Å²) in [7, 11) is 0. The van der Waals surface area contributed by atoms with Crippen molar-refractivity contribution in [3.8, 4) is 0 Å². The molecule has 0 aliphatic carbocycles. The van der Waals surface area contributed by atoms with E-state index in [-0.39, 0.29) is 24.3 Å². The second-order valence-corrected chi connectivity index (χ2v) is 2.92. The minimum absolute atomic E-state index is 0.00880. The van der Waals surface area contributed by atoms with Crippen molar-refractivity contribution in [3.05, 3.63) is 12.7 Å². The third-order valence-corrected chi connectivity index (χ3v) is 2.14. The van der Waals surface area contributed by atoms with Gasteiger partial charge in [-0.05, 0) is 0 Å². The summed E-state index contributed by atoms with van der Waals surface area (Å²) in [5.41, 5.74) is 0. The molecule has 60 valence electrons. The second kappa shape index (κ2) is 2.34. The molecule has 2 fully saturated rings. The molecular weight excluding hydrogens is 144 g/mol. The molecule has 0 aromatic carbocycles. The van der Waals surface area contributed by atoms with Crippen LogP contribution in [0.1, 0.15) is 12.8 Å². The van der Waals surface area contributed by atoms with E-state index >= 15 is 0 Å². The van der Waals surface area contributed by atoms with Crippen molar-refractivity contribution in [1.82, 2.24) is 0 Å². The molecule has 0 spiro atoms. The van der Waals surface area contributed by atoms with Gasteiger partial charge in [0.25, 0.3) is 0 Å². The van der Waals surface area contributed by atoms with Crippen LogP contribution in [0.4, 0.5) is 0 Å². The second-order valence-electron chi connectivity index (χ2n) is 2.92. The van der Waals surface area contributed by atoms with Gasteiger partial charge in [0.15, 0.2) is 0 Å². The first kappa shape index (κ1) is 6.85. The lowest BCUT2D eigenvalue weighted by Gasteiger charge is -2.03. The normalized spacial score (nSPS) is 41.8. The first-order valence-electron chi connectivity index (χ1n) is 3.77. The van der Waals surface area contributed by atoms with Crippen molar-refractivity contribution in [3.63, 3.8) is 0 Å². The molecule has 0 radical (unpaired) electrons. The van der Waals surface area contributed by atoms with E-state index < -0.39 is 0 Å². The standard InChI is InChI=1S/C8H10O3/c1-2-5-3-6-7(10-5)4-8(9)11-6/h2,5-7H,1,3-4H2/t5-,6+,7+/m0/s1. The first-order valence-corrected chi connectivity index (χ1v) is 3.77. The molecule has 0 unspecified atom stereocenters. The largest absolute Gasteiger partial charge is 0.459 e. The number of carbonyl (C=O) groups is 1. The van der Waals surface area contributed by atoms with Gasteiger partial charge in [-0.2, -0.15) is 0 Å². The zero-order valence-electron chi connectivity index (χ0n) is 6.16. The molecule has 0 aromatic rings. The fraction of sp³-hybridized carbons (Fsp3) is 0.625. The summed E-state index contributed by atoms with van der Waals surface area (Å²) in [4.78, 5) is 10.7. The maximum atomic E-state index is 10.7. The van der Waals surface area contributed by atoms with Crippen LogP contribution in [0.2, 0.25) is 0 Å². The Morgan fingerprint density at radius 1 is 1.55 bits per heavy atom. The van der Waals surface area contributed by atoms with Crippen molar-refractivity contribution < 1.29 is 14.3 Å². The highest BCUT2D eigenvalue weighted by molar-refractivity contribution is 5.72. The van der Waals surface area contributed by atoms with E-state index in [0.717, 1.165) is 6.42 Å². The van der Waals surface area contributed by atoms with E-state index in [1.165, 1.54) is 0 Å². The predicted octanol–water partition coefficient (Wildman–Crippen LogP) is 0.645. The van der Waals surface area contributed by atoms with E-state index in [1.807, 2.05) is 0 Å². The Morgan fingerprint density at radius 2 is 2.36 bits per heavy atom. The number of esters is 1. The van der Waals surface area contributed by atoms with Crippen molar-refractivity contribution in [2.24, 2.45) is 0 Å². The summed E-state index contributed by atoms with van der Waals surface area (Å²) in [6.07, 6.45) is 3.01. The van der Waals surface area contributed by atoms with Crippen molar-refractivity contribution >= 4 is 5.97 Å². The van der Waals surface area contributed by atoms with Crippen LogP contribution in [0.15, 0.2) is 12.7 Å². The topological polar surface area (TPSA) is 35.5 Å². The number of carbonyl (C=O) groups excluding carboxylic acids is 1. The number of hydrogen-bond acceptors (Lipinski definition) is 3. The van der Waals surface area contributed by atoms with Crippen LogP contribution in [0, 0.1) is 0 Å². The molecule has 11 heavy (non-hydrogen) atoms. The van der Waals surface area contributed by atoms with Crippen LogP contribution in [0.25, 0.3) is 0 Å². The summed E-state index contributed by atoms with van der Waals surface area (Å²) in [5.74, 6) is -0.137. The fourth-order valence-electron chi connectivity index (χ4n) is 1.58. The molecule has 2 aliphatic heterocycles. The maximum absolute atomic E-state index is 10.7. The van der Waals surface area contributed by atoms with Gasteiger partial charge in [0, 0.05) is 6.42 Å². The number of ether oxygens (including phenoxy) is 2. The third kappa shape index (κ3) is 1.05. The van der Waals surface area contributed by atoms with Crippen LogP contribution in [0.3, 0.4) is 0 Å². The summed E-state index contributed by atoms with van der Waals surface area (Å²) in [6, 6.07) is 0. The monoisotopic (exact) mass is 154 g/mol. The highest BCUT2D eigenvalue weighted by atomic mass is 16.6. The zero-order valence-corrected chi connectivity index (χ0v) is 6.16. The van der Waals surface area contributed by atoms with Crippen LogP contribution in [-0.2, 0) is 14.3 Å². The van der Waals surface area contributed by atoms with Crippen molar-refractivity contribution in [1.29, 1.82) is 0 Å². The fourth-order valence-corrected chi connectivity index (χ4v) is 1.58. The zero-order chi connectivity index (χ0) is 7.84. The van der Waals surface area contributed by atoms with E-state index in [4.69, 9.17) is 9.47 Å². The van der Waals surface area contributed by atoms with Crippen LogP contribution < -0.4 is 0 Å². The smallest absolute Gasteiger partial charge is 0.308 e. The van der Waals surface area contributed by atoms with E-state index in [2.05, 4.69) is 6.58 Å². The molecule has 0 aromatic heterocycles. The first-order chi connectivity index (χ1) is 5.29. The Morgan fingerprint density at radius 3 is 3.00 bits per heavy atom. The molecular formula is C8H10O3. The highest BCUT2D eigenvalue weighted by Gasteiger charge is 2.43. The molecule has 3 heteroatoms. The van der Waals surface area contributed by atoms with E-state index in [9.17, 15) is 4.79 Å². The Hall–Kier alpha value is -0.830. The molecule has 3 nitrogen and oxygen atoms in total. The van der Waals surface area contributed by atoms with Crippen LogP contribution in [-0.4, -0.2) is 24.3 Å². The average molecular weight is 154 g/mol. The minimum Gasteiger partial charge on any atom is -0.459 e. The van der Waals surface area contributed by atoms with Gasteiger partial charge in [0.05, 0.1) is 12.5 Å². The Labute approximate surface area is 65.0 Å². The predicted molar refractivity (Wildman–Crippen MR) is 38.0 cm³/mol. The highest BCUT2D eigenvalue weighted by Crippen LogP contribution is 2.31. The molecule has 2 aliphatic rings. The Kier molecular flexibility index (Phi) is 1.46. The lowest BCUT2D eigenvalue weighted by atomic mass is 10.1. The van der Waals surface area contributed by atoms with Gasteiger partial charge < -0.3 is 9.47 Å². The molecule has 0 amide bonds. The molecule has 0 bridgehead atoms. The lowest BCUT2D eigenvalue weighted by molar-refractivity contribution is -0.141. The molecule has 2 heterocycles. The molecule has 0 saturated carbocycles. The SMILES string of the molecule is C=C[C@H]1C[C@H]2OC(=O)C[C@H]2O1. The van der Waals surface area contributed by atoms with Gasteiger partial charge in [-0.1, -0.05) is 6.08 Å². The number of hydrogen-bond donors (Lipinski definition) is 0. The number of rotatable bonds is 1. The molecule has 0 N–H and O–H groups in total.